The quantitative estimate of drug-likeness (QED) is 0.469. The average Bonchev–Trinajstić information content (AvgIpc) is 3.00. The molecule has 0 radical (unpaired) electrons. The standard InChI is InChI=1S/C13H22N4S.HI/c1-10-9-16-12(18-10)7-8-15-13(14-2)17-11-5-3-4-6-11;/h9,11H,3-8H2,1-2H3,(H2,14,15,17);1H. The molecule has 1 saturated carbocycles. The lowest BCUT2D eigenvalue weighted by atomic mass is 10.2. The number of aromatic nitrogens is 1. The fourth-order valence-electron chi connectivity index (χ4n) is 2.26. The molecule has 0 spiro atoms. The van der Waals surface area contributed by atoms with E-state index in [1.165, 1.54) is 35.6 Å². The van der Waals surface area contributed by atoms with Gasteiger partial charge >= 0.3 is 0 Å². The number of nitrogens with zero attached hydrogens (tertiary/aromatic N) is 2. The van der Waals surface area contributed by atoms with Crippen LogP contribution in [0.1, 0.15) is 35.6 Å². The fourth-order valence-corrected chi connectivity index (χ4v) is 3.05. The number of aryl methyl sites for hydroxylation is 1. The zero-order chi connectivity index (χ0) is 12.8. The van der Waals surface area contributed by atoms with Gasteiger partial charge in [-0.25, -0.2) is 4.98 Å². The third kappa shape index (κ3) is 5.64. The highest BCUT2D eigenvalue weighted by Crippen LogP contribution is 2.17. The molecule has 1 aliphatic rings. The molecule has 0 amide bonds. The number of rotatable bonds is 4. The molecule has 0 unspecified atom stereocenters. The molecule has 0 bridgehead atoms. The smallest absolute Gasteiger partial charge is 0.191 e. The van der Waals surface area contributed by atoms with Gasteiger partial charge in [0.05, 0.1) is 5.01 Å². The molecule has 4 nitrogen and oxygen atoms in total. The highest BCUT2D eigenvalue weighted by atomic mass is 127. The third-order valence-electron chi connectivity index (χ3n) is 3.22. The molecule has 1 aliphatic carbocycles. The van der Waals surface area contributed by atoms with Crippen molar-refractivity contribution in [3.05, 3.63) is 16.1 Å². The summed E-state index contributed by atoms with van der Waals surface area (Å²) in [6, 6.07) is 0.610. The summed E-state index contributed by atoms with van der Waals surface area (Å²) in [7, 11) is 1.83. The minimum Gasteiger partial charge on any atom is -0.356 e. The average molecular weight is 394 g/mol. The molecule has 1 aromatic rings. The molecule has 0 atom stereocenters. The normalized spacial score (nSPS) is 16.2. The van der Waals surface area contributed by atoms with Gasteiger partial charge in [-0.3, -0.25) is 4.99 Å². The van der Waals surface area contributed by atoms with E-state index in [4.69, 9.17) is 0 Å². The van der Waals surface area contributed by atoms with Crippen molar-refractivity contribution in [2.45, 2.75) is 45.1 Å². The van der Waals surface area contributed by atoms with E-state index in [0.717, 1.165) is 18.9 Å². The Morgan fingerprint density at radius 2 is 2.21 bits per heavy atom. The summed E-state index contributed by atoms with van der Waals surface area (Å²) < 4.78 is 0. The van der Waals surface area contributed by atoms with E-state index < -0.39 is 0 Å². The number of thiazole rings is 1. The van der Waals surface area contributed by atoms with Gasteiger partial charge in [-0.15, -0.1) is 35.3 Å². The van der Waals surface area contributed by atoms with Gasteiger partial charge in [0.1, 0.15) is 0 Å². The topological polar surface area (TPSA) is 49.3 Å². The third-order valence-corrected chi connectivity index (χ3v) is 4.19. The molecule has 19 heavy (non-hydrogen) atoms. The molecule has 1 aromatic heterocycles. The lowest BCUT2D eigenvalue weighted by molar-refractivity contribution is 0.613. The van der Waals surface area contributed by atoms with Crippen molar-refractivity contribution >= 4 is 41.3 Å². The van der Waals surface area contributed by atoms with E-state index in [9.17, 15) is 0 Å². The van der Waals surface area contributed by atoms with Crippen LogP contribution in [0.3, 0.4) is 0 Å². The van der Waals surface area contributed by atoms with Crippen molar-refractivity contribution in [2.24, 2.45) is 4.99 Å². The van der Waals surface area contributed by atoms with E-state index in [2.05, 4.69) is 27.5 Å². The molecular weight excluding hydrogens is 371 g/mol. The molecule has 2 N–H and O–H groups in total. The molecule has 6 heteroatoms. The van der Waals surface area contributed by atoms with Gasteiger partial charge < -0.3 is 10.6 Å². The molecular formula is C13H23IN4S. The fraction of sp³-hybridized carbons (Fsp3) is 0.692. The molecule has 2 rings (SSSR count). The number of guanidine groups is 1. The monoisotopic (exact) mass is 394 g/mol. The first-order valence-corrected chi connectivity index (χ1v) is 7.48. The van der Waals surface area contributed by atoms with E-state index in [0.29, 0.717) is 6.04 Å². The Labute approximate surface area is 136 Å². The molecule has 0 saturated heterocycles. The second-order valence-corrected chi connectivity index (χ2v) is 6.06. The van der Waals surface area contributed by atoms with Crippen molar-refractivity contribution in [1.82, 2.24) is 15.6 Å². The Morgan fingerprint density at radius 3 is 2.79 bits per heavy atom. The maximum absolute atomic E-state index is 4.36. The van der Waals surface area contributed by atoms with Crippen LogP contribution in [-0.2, 0) is 6.42 Å². The van der Waals surface area contributed by atoms with Crippen LogP contribution in [-0.4, -0.2) is 30.6 Å². The first-order chi connectivity index (χ1) is 8.78. The Hall–Kier alpha value is -0.370. The summed E-state index contributed by atoms with van der Waals surface area (Å²) in [5, 5.41) is 8.03. The van der Waals surface area contributed by atoms with E-state index >= 15 is 0 Å². The van der Waals surface area contributed by atoms with Crippen molar-refractivity contribution in [2.75, 3.05) is 13.6 Å². The Balaban J connectivity index is 0.00000180. The SMILES string of the molecule is CN=C(NCCc1ncc(C)s1)NC1CCCC1.I. The number of hydrogen-bond acceptors (Lipinski definition) is 3. The van der Waals surface area contributed by atoms with Crippen LogP contribution in [0, 0.1) is 6.92 Å². The number of nitrogens with one attached hydrogen (secondary N) is 2. The zero-order valence-electron chi connectivity index (χ0n) is 11.6. The second kappa shape index (κ2) is 8.73. The molecule has 1 fully saturated rings. The van der Waals surface area contributed by atoms with Gasteiger partial charge in [0.25, 0.3) is 0 Å². The highest BCUT2D eigenvalue weighted by Gasteiger charge is 2.15. The second-order valence-electron chi connectivity index (χ2n) is 4.74. The Bertz CT molecular complexity index is 399. The van der Waals surface area contributed by atoms with Gasteiger partial charge in [-0.2, -0.15) is 0 Å². The maximum Gasteiger partial charge on any atom is 0.191 e. The number of hydrogen-bond donors (Lipinski definition) is 2. The summed E-state index contributed by atoms with van der Waals surface area (Å²) in [6.07, 6.45) is 8.12. The maximum atomic E-state index is 4.36. The van der Waals surface area contributed by atoms with Crippen LogP contribution in [0.2, 0.25) is 0 Å². The molecule has 108 valence electrons. The van der Waals surface area contributed by atoms with Crippen molar-refractivity contribution in [3.63, 3.8) is 0 Å². The molecule has 0 aromatic carbocycles. The Kier molecular flexibility index (Phi) is 7.67. The van der Waals surface area contributed by atoms with Gasteiger partial charge in [-0.05, 0) is 19.8 Å². The first kappa shape index (κ1) is 16.7. The van der Waals surface area contributed by atoms with Gasteiger partial charge in [0.15, 0.2) is 5.96 Å². The Morgan fingerprint density at radius 1 is 1.47 bits per heavy atom. The minimum atomic E-state index is 0. The largest absolute Gasteiger partial charge is 0.356 e. The van der Waals surface area contributed by atoms with Crippen LogP contribution in [0.25, 0.3) is 0 Å². The van der Waals surface area contributed by atoms with Crippen molar-refractivity contribution in [1.29, 1.82) is 0 Å². The zero-order valence-corrected chi connectivity index (χ0v) is 14.8. The van der Waals surface area contributed by atoms with Crippen LogP contribution in [0.4, 0.5) is 0 Å². The van der Waals surface area contributed by atoms with E-state index in [-0.39, 0.29) is 24.0 Å². The van der Waals surface area contributed by atoms with E-state index in [1.54, 1.807) is 11.3 Å². The summed E-state index contributed by atoms with van der Waals surface area (Å²) in [6.45, 7) is 2.98. The van der Waals surface area contributed by atoms with Crippen LogP contribution in [0.5, 0.6) is 0 Å². The van der Waals surface area contributed by atoms with Crippen LogP contribution >= 0.6 is 35.3 Å². The number of halogens is 1. The van der Waals surface area contributed by atoms with Gasteiger partial charge in [-0.1, -0.05) is 12.8 Å². The van der Waals surface area contributed by atoms with Crippen molar-refractivity contribution < 1.29 is 0 Å². The van der Waals surface area contributed by atoms with Crippen molar-refractivity contribution in [3.8, 4) is 0 Å². The van der Waals surface area contributed by atoms with Gasteiger partial charge in [0.2, 0.25) is 0 Å². The number of aliphatic imine (C=N–C) groups is 1. The summed E-state index contributed by atoms with van der Waals surface area (Å²) in [4.78, 5) is 9.90. The predicted octanol–water partition coefficient (Wildman–Crippen LogP) is 2.72. The molecule has 1 heterocycles. The lowest BCUT2D eigenvalue weighted by Gasteiger charge is -2.16. The predicted molar refractivity (Wildman–Crippen MR) is 92.7 cm³/mol. The first-order valence-electron chi connectivity index (χ1n) is 6.66. The summed E-state index contributed by atoms with van der Waals surface area (Å²) >= 11 is 1.77. The highest BCUT2D eigenvalue weighted by molar-refractivity contribution is 14.0. The van der Waals surface area contributed by atoms with E-state index in [1.807, 2.05) is 13.2 Å². The lowest BCUT2D eigenvalue weighted by Crippen LogP contribution is -2.42. The van der Waals surface area contributed by atoms with Crippen LogP contribution in [0.15, 0.2) is 11.2 Å². The molecule has 0 aliphatic heterocycles. The summed E-state index contributed by atoms with van der Waals surface area (Å²) in [5.74, 6) is 0.926. The van der Waals surface area contributed by atoms with Crippen LogP contribution < -0.4 is 10.6 Å². The minimum absolute atomic E-state index is 0. The summed E-state index contributed by atoms with van der Waals surface area (Å²) in [5.41, 5.74) is 0. The van der Waals surface area contributed by atoms with Gasteiger partial charge in [0, 0.05) is 37.1 Å².